The van der Waals surface area contributed by atoms with Crippen LogP contribution in [-0.4, -0.2) is 28.8 Å². The SMILES string of the molecule is COc1ccc(C2CC(C(=O)NC3CCCc4c3cnn4C)NN2)cc1. The molecule has 3 N–H and O–H groups in total. The van der Waals surface area contributed by atoms with Crippen molar-refractivity contribution in [2.24, 2.45) is 7.05 Å². The minimum Gasteiger partial charge on any atom is -0.497 e. The molecule has 0 bridgehead atoms. The topological polar surface area (TPSA) is 80.2 Å². The molecule has 138 valence electrons. The number of aromatic nitrogens is 2. The highest BCUT2D eigenvalue weighted by atomic mass is 16.5. The third-order valence-corrected chi connectivity index (χ3v) is 5.43. The van der Waals surface area contributed by atoms with Crippen molar-refractivity contribution in [2.75, 3.05) is 7.11 Å². The predicted molar refractivity (Wildman–Crippen MR) is 97.4 cm³/mol. The first-order chi connectivity index (χ1) is 12.7. The number of carbonyl (C=O) groups is 1. The van der Waals surface area contributed by atoms with Crippen molar-refractivity contribution in [3.63, 3.8) is 0 Å². The van der Waals surface area contributed by atoms with Gasteiger partial charge >= 0.3 is 0 Å². The first-order valence-electron chi connectivity index (χ1n) is 9.12. The van der Waals surface area contributed by atoms with E-state index in [1.54, 1.807) is 7.11 Å². The maximum atomic E-state index is 12.7. The fourth-order valence-corrected chi connectivity index (χ4v) is 3.91. The van der Waals surface area contributed by atoms with Crippen molar-refractivity contribution >= 4 is 5.91 Å². The quantitative estimate of drug-likeness (QED) is 0.775. The van der Waals surface area contributed by atoms with Crippen LogP contribution in [0.5, 0.6) is 5.75 Å². The number of hydrogen-bond donors (Lipinski definition) is 3. The number of hydrazine groups is 1. The van der Waals surface area contributed by atoms with Crippen molar-refractivity contribution in [2.45, 2.75) is 43.8 Å². The molecule has 0 saturated carbocycles. The lowest BCUT2D eigenvalue weighted by Crippen LogP contribution is -2.44. The molecule has 0 radical (unpaired) electrons. The molecule has 1 saturated heterocycles. The minimum absolute atomic E-state index is 0.0372. The molecule has 3 unspecified atom stereocenters. The second-order valence-corrected chi connectivity index (χ2v) is 7.03. The number of fused-ring (bicyclic) bond motifs is 1. The molecule has 1 aliphatic heterocycles. The Morgan fingerprint density at radius 1 is 1.31 bits per heavy atom. The summed E-state index contributed by atoms with van der Waals surface area (Å²) in [5.74, 6) is 0.869. The van der Waals surface area contributed by atoms with Crippen LogP contribution >= 0.6 is 0 Å². The van der Waals surface area contributed by atoms with Crippen LogP contribution in [0, 0.1) is 0 Å². The molecule has 0 spiro atoms. The first-order valence-corrected chi connectivity index (χ1v) is 9.12. The Morgan fingerprint density at radius 3 is 2.88 bits per heavy atom. The Bertz CT molecular complexity index is 786. The second-order valence-electron chi connectivity index (χ2n) is 7.03. The van der Waals surface area contributed by atoms with Crippen LogP contribution in [0.2, 0.25) is 0 Å². The third-order valence-electron chi connectivity index (χ3n) is 5.43. The van der Waals surface area contributed by atoms with E-state index in [2.05, 4.69) is 21.3 Å². The van der Waals surface area contributed by atoms with Crippen LogP contribution in [0.4, 0.5) is 0 Å². The zero-order valence-corrected chi connectivity index (χ0v) is 15.2. The van der Waals surface area contributed by atoms with Gasteiger partial charge in [0.1, 0.15) is 11.8 Å². The summed E-state index contributed by atoms with van der Waals surface area (Å²) in [7, 11) is 3.62. The number of hydrogen-bond acceptors (Lipinski definition) is 5. The van der Waals surface area contributed by atoms with Crippen molar-refractivity contribution < 1.29 is 9.53 Å². The van der Waals surface area contributed by atoms with E-state index in [9.17, 15) is 4.79 Å². The summed E-state index contributed by atoms with van der Waals surface area (Å²) in [5, 5.41) is 7.55. The Kier molecular flexibility index (Phi) is 4.65. The molecule has 2 aromatic rings. The number of nitrogens with zero attached hydrogens (tertiary/aromatic N) is 2. The molecule has 1 fully saturated rings. The molecule has 2 aliphatic rings. The smallest absolute Gasteiger partial charge is 0.239 e. The van der Waals surface area contributed by atoms with E-state index < -0.39 is 0 Å². The second kappa shape index (κ2) is 7.09. The highest BCUT2D eigenvalue weighted by molar-refractivity contribution is 5.82. The highest BCUT2D eigenvalue weighted by Crippen LogP contribution is 2.30. The summed E-state index contributed by atoms with van der Waals surface area (Å²) in [4.78, 5) is 12.7. The van der Waals surface area contributed by atoms with E-state index in [0.29, 0.717) is 6.42 Å². The summed E-state index contributed by atoms with van der Waals surface area (Å²) < 4.78 is 7.12. The van der Waals surface area contributed by atoms with Gasteiger partial charge in [0.05, 0.1) is 19.3 Å². The van der Waals surface area contributed by atoms with E-state index >= 15 is 0 Å². The molecule has 1 amide bonds. The van der Waals surface area contributed by atoms with E-state index in [4.69, 9.17) is 4.74 Å². The zero-order chi connectivity index (χ0) is 18.1. The fourth-order valence-electron chi connectivity index (χ4n) is 3.91. The summed E-state index contributed by atoms with van der Waals surface area (Å²) in [6.07, 6.45) is 5.67. The molecule has 3 atom stereocenters. The zero-order valence-electron chi connectivity index (χ0n) is 15.2. The number of benzene rings is 1. The molecule has 7 nitrogen and oxygen atoms in total. The lowest BCUT2D eigenvalue weighted by atomic mass is 9.92. The molecular formula is C19H25N5O2. The normalized spacial score (nSPS) is 24.9. The predicted octanol–water partition coefficient (Wildman–Crippen LogP) is 1.53. The van der Waals surface area contributed by atoms with Crippen molar-refractivity contribution in [3.05, 3.63) is 47.3 Å². The van der Waals surface area contributed by atoms with Gasteiger partial charge in [-0.15, -0.1) is 0 Å². The third kappa shape index (κ3) is 3.20. The minimum atomic E-state index is -0.246. The standard InChI is InChI=1S/C19H25N5O2/c1-24-18-5-3-4-15(14(18)11-20-24)21-19(25)17-10-16(22-23-17)12-6-8-13(26-2)9-7-12/h6-9,11,15-17,22-23H,3-5,10H2,1-2H3,(H,21,25). The van der Waals surface area contributed by atoms with Crippen LogP contribution in [0.25, 0.3) is 0 Å². The Balaban J connectivity index is 1.39. The maximum absolute atomic E-state index is 12.7. The molecule has 1 aromatic heterocycles. The fraction of sp³-hybridized carbons (Fsp3) is 0.474. The number of methoxy groups -OCH3 is 1. The number of rotatable bonds is 4. The molecule has 2 heterocycles. The summed E-state index contributed by atoms with van der Waals surface area (Å²) in [6, 6.07) is 7.86. The van der Waals surface area contributed by atoms with Crippen molar-refractivity contribution in [3.8, 4) is 5.75 Å². The summed E-state index contributed by atoms with van der Waals surface area (Å²) in [5.41, 5.74) is 9.90. The number of amides is 1. The van der Waals surface area contributed by atoms with Crippen LogP contribution in [0.3, 0.4) is 0 Å². The molecule has 1 aliphatic carbocycles. The lowest BCUT2D eigenvalue weighted by molar-refractivity contribution is -0.123. The van der Waals surface area contributed by atoms with Gasteiger partial charge in [0.25, 0.3) is 0 Å². The Morgan fingerprint density at radius 2 is 2.12 bits per heavy atom. The van der Waals surface area contributed by atoms with E-state index in [0.717, 1.165) is 36.1 Å². The van der Waals surface area contributed by atoms with Gasteiger partial charge in [-0.05, 0) is 43.4 Å². The van der Waals surface area contributed by atoms with Gasteiger partial charge < -0.3 is 10.1 Å². The van der Waals surface area contributed by atoms with Gasteiger partial charge in [-0.1, -0.05) is 12.1 Å². The van der Waals surface area contributed by atoms with E-state index in [1.165, 1.54) is 5.69 Å². The van der Waals surface area contributed by atoms with Crippen molar-refractivity contribution in [1.82, 2.24) is 25.9 Å². The van der Waals surface area contributed by atoms with Crippen LogP contribution in [0.15, 0.2) is 30.5 Å². The molecular weight excluding hydrogens is 330 g/mol. The Hall–Kier alpha value is -2.38. The van der Waals surface area contributed by atoms with Gasteiger partial charge in [-0.3, -0.25) is 9.48 Å². The number of ether oxygens (including phenoxy) is 1. The summed E-state index contributed by atoms with van der Waals surface area (Å²) >= 11 is 0. The average Bonchev–Trinajstić information content (AvgIpc) is 3.30. The highest BCUT2D eigenvalue weighted by Gasteiger charge is 2.32. The Labute approximate surface area is 153 Å². The van der Waals surface area contributed by atoms with Crippen LogP contribution < -0.4 is 20.9 Å². The largest absolute Gasteiger partial charge is 0.497 e. The van der Waals surface area contributed by atoms with Gasteiger partial charge in [0, 0.05) is 24.3 Å². The molecule has 7 heteroatoms. The molecule has 26 heavy (non-hydrogen) atoms. The lowest BCUT2D eigenvalue weighted by Gasteiger charge is -2.25. The van der Waals surface area contributed by atoms with Gasteiger partial charge in [-0.2, -0.15) is 5.10 Å². The van der Waals surface area contributed by atoms with E-state index in [-0.39, 0.29) is 24.0 Å². The summed E-state index contributed by atoms with van der Waals surface area (Å²) in [6.45, 7) is 0. The van der Waals surface area contributed by atoms with Gasteiger partial charge in [-0.25, -0.2) is 10.9 Å². The van der Waals surface area contributed by atoms with Crippen molar-refractivity contribution in [1.29, 1.82) is 0 Å². The van der Waals surface area contributed by atoms with Crippen LogP contribution in [-0.2, 0) is 18.3 Å². The van der Waals surface area contributed by atoms with Crippen LogP contribution in [0.1, 0.15) is 48.2 Å². The monoisotopic (exact) mass is 355 g/mol. The maximum Gasteiger partial charge on any atom is 0.239 e. The number of nitrogens with one attached hydrogen (secondary N) is 3. The van der Waals surface area contributed by atoms with Gasteiger partial charge in [0.2, 0.25) is 5.91 Å². The molecule has 1 aromatic carbocycles. The van der Waals surface area contributed by atoms with Gasteiger partial charge in [0.15, 0.2) is 0 Å². The first kappa shape index (κ1) is 17.1. The average molecular weight is 355 g/mol. The number of aryl methyl sites for hydroxylation is 1. The van der Waals surface area contributed by atoms with E-state index in [1.807, 2.05) is 42.2 Å². The number of carbonyl (C=O) groups excluding carboxylic acids is 1. The molecule has 4 rings (SSSR count).